The molecule has 0 spiro atoms. The second-order valence-electron chi connectivity index (χ2n) is 10.3. The van der Waals surface area contributed by atoms with E-state index in [0.717, 1.165) is 11.3 Å². The Bertz CT molecular complexity index is 1610. The number of Topliss-reactive ketones (excluding diaryl/α,β-unsaturated/α-hetero) is 1. The normalized spacial score (nSPS) is 11.7. The average Bonchev–Trinajstić information content (AvgIpc) is 3.56. The van der Waals surface area contributed by atoms with Gasteiger partial charge in [-0.25, -0.2) is 14.4 Å². The number of nitrogens with one attached hydrogen (secondary N) is 1. The SMILES string of the molecule is CN(C)c1ccc(-c2nc3nccc(-c4ccc(CCC(=O)c5nnc(C(C)(C)C)o5)c(F)c4)c3[nH]2)nc1. The zero-order valence-electron chi connectivity index (χ0n) is 21.9. The summed E-state index contributed by atoms with van der Waals surface area (Å²) in [7, 11) is 3.90. The number of ketones is 1. The first-order valence-corrected chi connectivity index (χ1v) is 12.2. The van der Waals surface area contributed by atoms with Crippen LogP contribution >= 0.6 is 0 Å². The van der Waals surface area contributed by atoms with Gasteiger partial charge in [-0.15, -0.1) is 10.2 Å². The van der Waals surface area contributed by atoms with Crippen molar-refractivity contribution in [1.82, 2.24) is 30.1 Å². The number of H-pyrrole nitrogens is 1. The van der Waals surface area contributed by atoms with E-state index in [-0.39, 0.29) is 29.9 Å². The summed E-state index contributed by atoms with van der Waals surface area (Å²) in [5.41, 5.74) is 4.38. The van der Waals surface area contributed by atoms with Crippen LogP contribution in [0.4, 0.5) is 10.1 Å². The number of carbonyl (C=O) groups excluding carboxylic acids is 1. The van der Waals surface area contributed by atoms with Crippen LogP contribution in [-0.2, 0) is 11.8 Å². The second-order valence-corrected chi connectivity index (χ2v) is 10.3. The standard InChI is InChI=1S/C28H28FN7O2/c1-28(2,3)27-35-34-26(38-27)22(37)11-8-16-6-7-17(14-20(16)29)19-12-13-30-25-23(19)32-24(33-25)21-10-9-18(15-31-21)36(4)5/h6-7,9-10,12-15H,8,11H2,1-5H3,(H,30,32,33). The van der Waals surface area contributed by atoms with Crippen LogP contribution in [0.3, 0.4) is 0 Å². The summed E-state index contributed by atoms with van der Waals surface area (Å²) < 4.78 is 20.6. The van der Waals surface area contributed by atoms with E-state index in [2.05, 4.69) is 30.1 Å². The van der Waals surface area contributed by atoms with Gasteiger partial charge in [-0.05, 0) is 41.8 Å². The summed E-state index contributed by atoms with van der Waals surface area (Å²) in [5, 5.41) is 7.81. The number of imidazole rings is 1. The maximum atomic E-state index is 15.1. The van der Waals surface area contributed by atoms with Crippen molar-refractivity contribution < 1.29 is 13.6 Å². The molecule has 0 aliphatic rings. The predicted molar refractivity (Wildman–Crippen MR) is 142 cm³/mol. The monoisotopic (exact) mass is 513 g/mol. The molecular weight excluding hydrogens is 485 g/mol. The molecule has 0 aliphatic heterocycles. The molecule has 5 aromatic rings. The Kier molecular flexibility index (Phi) is 6.48. The fourth-order valence-electron chi connectivity index (χ4n) is 3.98. The lowest BCUT2D eigenvalue weighted by molar-refractivity contribution is 0.0945. The Balaban J connectivity index is 1.35. The Labute approximate surface area is 219 Å². The molecule has 38 heavy (non-hydrogen) atoms. The third kappa shape index (κ3) is 5.02. The fourth-order valence-corrected chi connectivity index (χ4v) is 3.98. The number of aryl methyl sites for hydroxylation is 1. The van der Waals surface area contributed by atoms with Gasteiger partial charge in [0.2, 0.25) is 11.7 Å². The highest BCUT2D eigenvalue weighted by Crippen LogP contribution is 2.30. The van der Waals surface area contributed by atoms with Crippen LogP contribution in [0.1, 0.15) is 49.3 Å². The molecule has 0 saturated carbocycles. The molecule has 0 fully saturated rings. The Morgan fingerprint density at radius 1 is 1.08 bits per heavy atom. The molecule has 9 nitrogen and oxygen atoms in total. The van der Waals surface area contributed by atoms with Crippen molar-refractivity contribution in [1.29, 1.82) is 0 Å². The van der Waals surface area contributed by atoms with Crippen LogP contribution in [0.25, 0.3) is 33.8 Å². The summed E-state index contributed by atoms with van der Waals surface area (Å²) in [6.07, 6.45) is 3.70. The number of pyridine rings is 2. The average molecular weight is 514 g/mol. The number of halogens is 1. The van der Waals surface area contributed by atoms with Crippen LogP contribution in [0.15, 0.2) is 53.2 Å². The van der Waals surface area contributed by atoms with E-state index in [0.29, 0.717) is 39.7 Å². The molecule has 1 N–H and O–H groups in total. The van der Waals surface area contributed by atoms with Crippen molar-refractivity contribution >= 4 is 22.6 Å². The van der Waals surface area contributed by atoms with Crippen molar-refractivity contribution in [3.8, 4) is 22.6 Å². The molecule has 0 amide bonds. The van der Waals surface area contributed by atoms with Crippen LogP contribution in [0, 0.1) is 5.82 Å². The van der Waals surface area contributed by atoms with E-state index < -0.39 is 5.82 Å². The maximum Gasteiger partial charge on any atom is 0.284 e. The zero-order chi connectivity index (χ0) is 27.0. The van der Waals surface area contributed by atoms with Gasteiger partial charge in [0.15, 0.2) is 11.5 Å². The molecule has 1 aromatic carbocycles. The largest absolute Gasteiger partial charge is 0.418 e. The van der Waals surface area contributed by atoms with E-state index in [4.69, 9.17) is 4.42 Å². The number of aromatic nitrogens is 6. The number of carbonyl (C=O) groups is 1. The molecule has 0 saturated heterocycles. The van der Waals surface area contributed by atoms with E-state index in [1.165, 1.54) is 6.07 Å². The summed E-state index contributed by atoms with van der Waals surface area (Å²) >= 11 is 0. The molecule has 10 heteroatoms. The minimum absolute atomic E-state index is 0.0491. The number of fused-ring (bicyclic) bond motifs is 1. The fraction of sp³-hybridized carbons (Fsp3) is 0.286. The number of benzene rings is 1. The number of rotatable bonds is 7. The highest BCUT2D eigenvalue weighted by Gasteiger charge is 2.24. The summed E-state index contributed by atoms with van der Waals surface area (Å²) in [6.45, 7) is 5.77. The van der Waals surface area contributed by atoms with Gasteiger partial charge < -0.3 is 14.3 Å². The summed E-state index contributed by atoms with van der Waals surface area (Å²) in [4.78, 5) is 31.2. The summed E-state index contributed by atoms with van der Waals surface area (Å²) in [5.74, 6) is 0.207. The van der Waals surface area contributed by atoms with Crippen molar-refractivity contribution in [3.63, 3.8) is 0 Å². The number of hydrogen-bond acceptors (Lipinski definition) is 8. The van der Waals surface area contributed by atoms with Crippen molar-refractivity contribution in [2.75, 3.05) is 19.0 Å². The van der Waals surface area contributed by atoms with Gasteiger partial charge in [-0.1, -0.05) is 32.9 Å². The van der Waals surface area contributed by atoms with Gasteiger partial charge in [0.05, 0.1) is 17.4 Å². The quantitative estimate of drug-likeness (QED) is 0.288. The van der Waals surface area contributed by atoms with E-state index >= 15 is 4.39 Å². The van der Waals surface area contributed by atoms with E-state index in [9.17, 15) is 4.79 Å². The molecule has 0 atom stereocenters. The Morgan fingerprint density at radius 2 is 1.89 bits per heavy atom. The third-order valence-electron chi connectivity index (χ3n) is 6.19. The lowest BCUT2D eigenvalue weighted by Gasteiger charge is -2.11. The number of anilines is 1. The zero-order valence-corrected chi connectivity index (χ0v) is 21.9. The maximum absolute atomic E-state index is 15.1. The summed E-state index contributed by atoms with van der Waals surface area (Å²) in [6, 6.07) is 10.6. The molecule has 194 valence electrons. The number of aromatic amines is 1. The third-order valence-corrected chi connectivity index (χ3v) is 6.19. The van der Waals surface area contributed by atoms with Gasteiger partial charge in [0.1, 0.15) is 11.5 Å². The van der Waals surface area contributed by atoms with Crippen molar-refractivity contribution in [2.24, 2.45) is 0 Å². The number of hydrogen-bond donors (Lipinski definition) is 1. The van der Waals surface area contributed by atoms with E-state index in [1.54, 1.807) is 18.5 Å². The molecular formula is C28H28FN7O2. The molecule has 0 unspecified atom stereocenters. The highest BCUT2D eigenvalue weighted by atomic mass is 19.1. The lowest BCUT2D eigenvalue weighted by atomic mass is 9.97. The lowest BCUT2D eigenvalue weighted by Crippen LogP contribution is -2.11. The molecule has 4 heterocycles. The van der Waals surface area contributed by atoms with Gasteiger partial charge in [0, 0.05) is 37.7 Å². The molecule has 4 aromatic heterocycles. The molecule has 5 rings (SSSR count). The molecule has 0 bridgehead atoms. The smallest absolute Gasteiger partial charge is 0.284 e. The first kappa shape index (κ1) is 25.2. The molecule has 0 aliphatic carbocycles. The highest BCUT2D eigenvalue weighted by molar-refractivity contribution is 5.92. The van der Waals surface area contributed by atoms with Gasteiger partial charge in [0.25, 0.3) is 5.89 Å². The minimum atomic E-state index is -0.401. The topological polar surface area (TPSA) is 114 Å². The first-order valence-electron chi connectivity index (χ1n) is 12.2. The Morgan fingerprint density at radius 3 is 2.55 bits per heavy atom. The first-order chi connectivity index (χ1) is 18.1. The van der Waals surface area contributed by atoms with Crippen molar-refractivity contribution in [2.45, 2.75) is 39.0 Å². The molecule has 0 radical (unpaired) electrons. The second kappa shape index (κ2) is 9.77. The van der Waals surface area contributed by atoms with Gasteiger partial charge in [-0.2, -0.15) is 0 Å². The minimum Gasteiger partial charge on any atom is -0.418 e. The van der Waals surface area contributed by atoms with Gasteiger partial charge >= 0.3 is 0 Å². The van der Waals surface area contributed by atoms with Crippen LogP contribution in [0.5, 0.6) is 0 Å². The van der Waals surface area contributed by atoms with Crippen LogP contribution < -0.4 is 4.90 Å². The number of nitrogens with zero attached hydrogens (tertiary/aromatic N) is 6. The Hall–Kier alpha value is -4.47. The predicted octanol–water partition coefficient (Wildman–Crippen LogP) is 5.39. The van der Waals surface area contributed by atoms with Crippen molar-refractivity contribution in [3.05, 3.63) is 72.0 Å². The van der Waals surface area contributed by atoms with Crippen LogP contribution in [-0.4, -0.2) is 50.0 Å². The van der Waals surface area contributed by atoms with E-state index in [1.807, 2.05) is 64.0 Å². The van der Waals surface area contributed by atoms with Gasteiger partial charge in [-0.3, -0.25) is 9.78 Å². The van der Waals surface area contributed by atoms with Crippen LogP contribution in [0.2, 0.25) is 0 Å².